The molecule has 6 heteroatoms. The molecule has 2 rings (SSSR count). The molecule has 1 aromatic carbocycles. The highest BCUT2D eigenvalue weighted by molar-refractivity contribution is 14.1. The van der Waals surface area contributed by atoms with E-state index in [0.29, 0.717) is 6.61 Å². The van der Waals surface area contributed by atoms with Gasteiger partial charge in [0.15, 0.2) is 5.01 Å². The first-order valence-electron chi connectivity index (χ1n) is 4.67. The molecule has 0 atom stereocenters. The van der Waals surface area contributed by atoms with Crippen molar-refractivity contribution < 1.29 is 4.74 Å². The molecular formula is C10H10IN3OS. The molecule has 0 radical (unpaired) electrons. The highest BCUT2D eigenvalue weighted by Crippen LogP contribution is 2.22. The van der Waals surface area contributed by atoms with E-state index in [1.165, 1.54) is 11.3 Å². The van der Waals surface area contributed by atoms with E-state index in [1.807, 2.05) is 31.3 Å². The fourth-order valence-electron chi connectivity index (χ4n) is 1.11. The van der Waals surface area contributed by atoms with Crippen molar-refractivity contribution in [1.82, 2.24) is 10.2 Å². The third kappa shape index (κ3) is 2.82. The normalized spacial score (nSPS) is 10.1. The van der Waals surface area contributed by atoms with Crippen molar-refractivity contribution in [3.8, 4) is 5.75 Å². The Morgan fingerprint density at radius 2 is 2.19 bits per heavy atom. The van der Waals surface area contributed by atoms with Crippen LogP contribution < -0.4 is 10.1 Å². The first-order chi connectivity index (χ1) is 7.79. The summed E-state index contributed by atoms with van der Waals surface area (Å²) in [6.45, 7) is 0.458. The number of aromatic nitrogens is 2. The van der Waals surface area contributed by atoms with Gasteiger partial charge in [-0.1, -0.05) is 23.5 Å². The SMILES string of the molecule is CNc1nnc(COc2ccccc2I)s1. The van der Waals surface area contributed by atoms with Gasteiger partial charge in [-0.3, -0.25) is 0 Å². The summed E-state index contributed by atoms with van der Waals surface area (Å²) in [6, 6.07) is 7.89. The molecule has 1 heterocycles. The van der Waals surface area contributed by atoms with Crippen LogP contribution in [0.15, 0.2) is 24.3 Å². The minimum Gasteiger partial charge on any atom is -0.485 e. The number of halogens is 1. The smallest absolute Gasteiger partial charge is 0.205 e. The Hall–Kier alpha value is -0.890. The molecule has 1 aromatic heterocycles. The third-order valence-electron chi connectivity index (χ3n) is 1.87. The van der Waals surface area contributed by atoms with E-state index >= 15 is 0 Å². The average Bonchev–Trinajstić information content (AvgIpc) is 2.76. The van der Waals surface area contributed by atoms with Gasteiger partial charge in [0.05, 0.1) is 3.57 Å². The zero-order valence-corrected chi connectivity index (χ0v) is 11.6. The molecule has 0 aliphatic carbocycles. The van der Waals surface area contributed by atoms with Crippen LogP contribution >= 0.6 is 33.9 Å². The summed E-state index contributed by atoms with van der Waals surface area (Å²) in [7, 11) is 1.82. The maximum atomic E-state index is 5.65. The summed E-state index contributed by atoms with van der Waals surface area (Å²) >= 11 is 3.74. The van der Waals surface area contributed by atoms with Crippen LogP contribution in [0.2, 0.25) is 0 Å². The van der Waals surface area contributed by atoms with Gasteiger partial charge in [-0.15, -0.1) is 10.2 Å². The molecular weight excluding hydrogens is 337 g/mol. The van der Waals surface area contributed by atoms with Crippen LogP contribution in [0.5, 0.6) is 5.75 Å². The zero-order valence-electron chi connectivity index (χ0n) is 8.61. The van der Waals surface area contributed by atoms with E-state index in [0.717, 1.165) is 19.5 Å². The topological polar surface area (TPSA) is 47.0 Å². The Morgan fingerprint density at radius 1 is 1.38 bits per heavy atom. The predicted octanol–water partition coefficient (Wildman–Crippen LogP) is 2.76. The lowest BCUT2D eigenvalue weighted by molar-refractivity contribution is 0.302. The number of nitrogens with zero attached hydrogens (tertiary/aromatic N) is 2. The number of anilines is 1. The lowest BCUT2D eigenvalue weighted by atomic mass is 10.3. The minimum atomic E-state index is 0.458. The van der Waals surface area contributed by atoms with Crippen molar-refractivity contribution >= 4 is 39.1 Å². The largest absolute Gasteiger partial charge is 0.485 e. The van der Waals surface area contributed by atoms with Crippen LogP contribution in [-0.2, 0) is 6.61 Å². The van der Waals surface area contributed by atoms with Crippen molar-refractivity contribution in [2.75, 3.05) is 12.4 Å². The summed E-state index contributed by atoms with van der Waals surface area (Å²) < 4.78 is 6.75. The van der Waals surface area contributed by atoms with Crippen molar-refractivity contribution in [2.24, 2.45) is 0 Å². The van der Waals surface area contributed by atoms with Gasteiger partial charge in [0.2, 0.25) is 5.13 Å². The Bertz CT molecular complexity index is 475. The number of nitrogens with one attached hydrogen (secondary N) is 1. The molecule has 0 amide bonds. The standard InChI is InChI=1S/C10H10IN3OS/c1-12-10-14-13-9(16-10)6-15-8-5-3-2-4-7(8)11/h2-5H,6H2,1H3,(H,12,14). The molecule has 0 fully saturated rings. The Labute approximate surface area is 111 Å². The summed E-state index contributed by atoms with van der Waals surface area (Å²) in [5.41, 5.74) is 0. The zero-order chi connectivity index (χ0) is 11.4. The van der Waals surface area contributed by atoms with Gasteiger partial charge in [-0.2, -0.15) is 0 Å². The van der Waals surface area contributed by atoms with Crippen LogP contribution in [0.3, 0.4) is 0 Å². The van der Waals surface area contributed by atoms with Crippen LogP contribution in [0.25, 0.3) is 0 Å². The van der Waals surface area contributed by atoms with Gasteiger partial charge >= 0.3 is 0 Å². The summed E-state index contributed by atoms with van der Waals surface area (Å²) in [4.78, 5) is 0. The number of ether oxygens (including phenoxy) is 1. The van der Waals surface area contributed by atoms with E-state index in [4.69, 9.17) is 4.74 Å². The summed E-state index contributed by atoms with van der Waals surface area (Å²) in [5.74, 6) is 0.879. The third-order valence-corrected chi connectivity index (χ3v) is 3.67. The lowest BCUT2D eigenvalue weighted by Gasteiger charge is -2.04. The first-order valence-corrected chi connectivity index (χ1v) is 6.56. The number of para-hydroxylation sites is 1. The number of benzene rings is 1. The minimum absolute atomic E-state index is 0.458. The Kier molecular flexibility index (Phi) is 3.94. The fourth-order valence-corrected chi connectivity index (χ4v) is 2.26. The highest BCUT2D eigenvalue weighted by atomic mass is 127. The first kappa shape index (κ1) is 11.6. The molecule has 0 aliphatic heterocycles. The second-order valence-corrected chi connectivity index (χ2v) is 5.19. The van der Waals surface area contributed by atoms with Crippen molar-refractivity contribution in [2.45, 2.75) is 6.61 Å². The molecule has 4 nitrogen and oxygen atoms in total. The van der Waals surface area contributed by atoms with Gasteiger partial charge in [0.25, 0.3) is 0 Å². The number of hydrogen-bond donors (Lipinski definition) is 1. The highest BCUT2D eigenvalue weighted by Gasteiger charge is 2.04. The summed E-state index contributed by atoms with van der Waals surface area (Å²) in [5, 5.41) is 12.6. The second kappa shape index (κ2) is 5.44. The van der Waals surface area contributed by atoms with Crippen molar-refractivity contribution in [3.63, 3.8) is 0 Å². The van der Waals surface area contributed by atoms with Crippen molar-refractivity contribution in [3.05, 3.63) is 32.8 Å². The summed E-state index contributed by atoms with van der Waals surface area (Å²) in [6.07, 6.45) is 0. The molecule has 84 valence electrons. The molecule has 0 unspecified atom stereocenters. The van der Waals surface area contributed by atoms with Crippen LogP contribution in [-0.4, -0.2) is 17.2 Å². The number of hydrogen-bond acceptors (Lipinski definition) is 5. The fraction of sp³-hybridized carbons (Fsp3) is 0.200. The molecule has 0 saturated heterocycles. The van der Waals surface area contributed by atoms with E-state index in [2.05, 4.69) is 38.1 Å². The predicted molar refractivity (Wildman–Crippen MR) is 72.9 cm³/mol. The Morgan fingerprint density at radius 3 is 2.88 bits per heavy atom. The maximum absolute atomic E-state index is 5.65. The van der Waals surface area contributed by atoms with Crippen LogP contribution in [0, 0.1) is 3.57 Å². The van der Waals surface area contributed by atoms with Gasteiger partial charge < -0.3 is 10.1 Å². The van der Waals surface area contributed by atoms with E-state index < -0.39 is 0 Å². The van der Waals surface area contributed by atoms with E-state index in [-0.39, 0.29) is 0 Å². The van der Waals surface area contributed by atoms with E-state index in [9.17, 15) is 0 Å². The molecule has 0 saturated carbocycles. The molecule has 2 aromatic rings. The van der Waals surface area contributed by atoms with Gasteiger partial charge in [-0.05, 0) is 34.7 Å². The average molecular weight is 347 g/mol. The second-order valence-electron chi connectivity index (χ2n) is 2.97. The van der Waals surface area contributed by atoms with Gasteiger partial charge in [0, 0.05) is 7.05 Å². The maximum Gasteiger partial charge on any atom is 0.205 e. The molecule has 0 aliphatic rings. The molecule has 1 N–H and O–H groups in total. The quantitative estimate of drug-likeness (QED) is 0.864. The van der Waals surface area contributed by atoms with E-state index in [1.54, 1.807) is 0 Å². The monoisotopic (exact) mass is 347 g/mol. The van der Waals surface area contributed by atoms with Crippen LogP contribution in [0.1, 0.15) is 5.01 Å². The van der Waals surface area contributed by atoms with Crippen molar-refractivity contribution in [1.29, 1.82) is 0 Å². The molecule has 0 spiro atoms. The van der Waals surface area contributed by atoms with Crippen LogP contribution in [0.4, 0.5) is 5.13 Å². The molecule has 0 bridgehead atoms. The van der Waals surface area contributed by atoms with Gasteiger partial charge in [0.1, 0.15) is 12.4 Å². The number of rotatable bonds is 4. The lowest BCUT2D eigenvalue weighted by Crippen LogP contribution is -1.96. The Balaban J connectivity index is 1.99. The molecule has 16 heavy (non-hydrogen) atoms. The van der Waals surface area contributed by atoms with Gasteiger partial charge in [-0.25, -0.2) is 0 Å².